The van der Waals surface area contributed by atoms with Gasteiger partial charge in [0.1, 0.15) is 0 Å². The minimum Gasteiger partial charge on any atom is -0.369 e. The average Bonchev–Trinajstić information content (AvgIpc) is 2.61. The summed E-state index contributed by atoms with van der Waals surface area (Å²) >= 11 is 12.3. The van der Waals surface area contributed by atoms with Crippen LogP contribution in [-0.2, 0) is 15.8 Å². The van der Waals surface area contributed by atoms with Crippen LogP contribution >= 0.6 is 23.2 Å². The summed E-state index contributed by atoms with van der Waals surface area (Å²) in [5, 5.41) is 0.769. The molecule has 0 saturated carbocycles. The van der Waals surface area contributed by atoms with Crippen molar-refractivity contribution in [1.29, 1.82) is 0 Å². The number of halogens is 2. The van der Waals surface area contributed by atoms with Gasteiger partial charge in [0.2, 0.25) is 10.0 Å². The molecule has 1 heterocycles. The fourth-order valence-corrected chi connectivity index (χ4v) is 5.50. The van der Waals surface area contributed by atoms with Crippen LogP contribution < -0.4 is 4.90 Å². The van der Waals surface area contributed by atoms with Crippen LogP contribution in [-0.4, -0.2) is 38.9 Å². The Morgan fingerprint density at radius 1 is 0.923 bits per heavy atom. The van der Waals surface area contributed by atoms with E-state index in [1.54, 1.807) is 18.2 Å². The zero-order valence-corrected chi connectivity index (χ0v) is 17.2. The van der Waals surface area contributed by atoms with E-state index in [-0.39, 0.29) is 5.75 Å². The first-order valence-electron chi connectivity index (χ1n) is 8.51. The van der Waals surface area contributed by atoms with Gasteiger partial charge in [-0.25, -0.2) is 8.42 Å². The lowest BCUT2D eigenvalue weighted by Crippen LogP contribution is -2.49. The van der Waals surface area contributed by atoms with Gasteiger partial charge >= 0.3 is 0 Å². The van der Waals surface area contributed by atoms with Crippen LogP contribution in [0.1, 0.15) is 16.7 Å². The molecule has 0 radical (unpaired) electrons. The molecule has 0 amide bonds. The molecule has 1 aliphatic heterocycles. The molecule has 7 heteroatoms. The molecule has 3 rings (SSSR count). The minimum atomic E-state index is -3.47. The molecule has 140 valence electrons. The molecule has 0 aliphatic carbocycles. The van der Waals surface area contributed by atoms with Gasteiger partial charge in [0, 0.05) is 47.5 Å². The Kier molecular flexibility index (Phi) is 5.82. The molecule has 2 aromatic carbocycles. The summed E-state index contributed by atoms with van der Waals surface area (Å²) in [6.07, 6.45) is 0. The maximum absolute atomic E-state index is 12.8. The van der Waals surface area contributed by atoms with E-state index in [1.165, 1.54) is 21.1 Å². The summed E-state index contributed by atoms with van der Waals surface area (Å²) in [5.41, 5.74) is 4.13. The number of aryl methyl sites for hydroxylation is 1. The van der Waals surface area contributed by atoms with Crippen molar-refractivity contribution in [3.63, 3.8) is 0 Å². The predicted octanol–water partition coefficient (Wildman–Crippen LogP) is 4.26. The number of benzene rings is 2. The summed E-state index contributed by atoms with van der Waals surface area (Å²) in [6.45, 7) is 6.44. The number of sulfonamides is 1. The van der Waals surface area contributed by atoms with Crippen molar-refractivity contribution in [2.24, 2.45) is 0 Å². The molecule has 2 aromatic rings. The van der Waals surface area contributed by atoms with Gasteiger partial charge in [0.15, 0.2) is 0 Å². The van der Waals surface area contributed by atoms with Gasteiger partial charge in [-0.1, -0.05) is 41.4 Å². The van der Waals surface area contributed by atoms with Gasteiger partial charge in [-0.2, -0.15) is 4.31 Å². The first-order valence-corrected chi connectivity index (χ1v) is 10.9. The monoisotopic (exact) mass is 412 g/mol. The first kappa shape index (κ1) is 19.5. The Morgan fingerprint density at radius 3 is 2.12 bits per heavy atom. The summed E-state index contributed by atoms with van der Waals surface area (Å²) in [4.78, 5) is 2.25. The van der Waals surface area contributed by atoms with Crippen molar-refractivity contribution >= 4 is 38.9 Å². The lowest BCUT2D eigenvalue weighted by molar-refractivity contribution is 0.384. The van der Waals surface area contributed by atoms with Gasteiger partial charge in [-0.15, -0.1) is 0 Å². The average molecular weight is 413 g/mol. The zero-order valence-electron chi connectivity index (χ0n) is 14.9. The molecule has 0 unspecified atom stereocenters. The third kappa shape index (κ3) is 4.01. The van der Waals surface area contributed by atoms with E-state index < -0.39 is 10.0 Å². The molecule has 0 atom stereocenters. The second-order valence-electron chi connectivity index (χ2n) is 6.56. The second-order valence-corrected chi connectivity index (χ2v) is 9.34. The van der Waals surface area contributed by atoms with E-state index in [4.69, 9.17) is 23.2 Å². The molecule has 1 fully saturated rings. The fraction of sp³-hybridized carbons (Fsp3) is 0.368. The maximum atomic E-state index is 12.8. The molecule has 0 aromatic heterocycles. The lowest BCUT2D eigenvalue weighted by Gasteiger charge is -2.36. The van der Waals surface area contributed by atoms with Crippen molar-refractivity contribution in [2.45, 2.75) is 19.6 Å². The quantitative estimate of drug-likeness (QED) is 0.752. The van der Waals surface area contributed by atoms with E-state index in [1.807, 2.05) is 6.07 Å². The summed E-state index contributed by atoms with van der Waals surface area (Å²) in [7, 11) is -3.47. The highest BCUT2D eigenvalue weighted by atomic mass is 35.5. The number of nitrogens with zero attached hydrogens (tertiary/aromatic N) is 2. The molecule has 0 N–H and O–H groups in total. The fourth-order valence-electron chi connectivity index (χ4n) is 3.23. The molecule has 0 bridgehead atoms. The van der Waals surface area contributed by atoms with Crippen LogP contribution in [0.3, 0.4) is 0 Å². The second kappa shape index (κ2) is 7.77. The molecule has 0 spiro atoms. The van der Waals surface area contributed by atoms with E-state index in [0.717, 1.165) is 0 Å². The molecule has 4 nitrogen and oxygen atoms in total. The molecule has 1 aliphatic rings. The van der Waals surface area contributed by atoms with E-state index in [0.29, 0.717) is 41.8 Å². The standard InChI is InChI=1S/C19H22Cl2N2O2S/c1-14-5-3-8-19(15(14)2)22-9-11-23(12-10-22)26(24,25)13-16-17(20)6-4-7-18(16)21/h3-8H,9-13H2,1-2H3. The topological polar surface area (TPSA) is 40.6 Å². The Morgan fingerprint density at radius 2 is 1.50 bits per heavy atom. The first-order chi connectivity index (χ1) is 12.3. The normalized spacial score (nSPS) is 16.1. The van der Waals surface area contributed by atoms with Gasteiger partial charge in [0.05, 0.1) is 5.75 Å². The highest BCUT2D eigenvalue weighted by Gasteiger charge is 2.29. The maximum Gasteiger partial charge on any atom is 0.218 e. The van der Waals surface area contributed by atoms with Crippen LogP contribution in [0.15, 0.2) is 36.4 Å². The zero-order chi connectivity index (χ0) is 18.9. The number of anilines is 1. The number of hydrogen-bond donors (Lipinski definition) is 0. The summed E-state index contributed by atoms with van der Waals surface area (Å²) in [6, 6.07) is 11.3. The van der Waals surface area contributed by atoms with Crippen LogP contribution in [0.5, 0.6) is 0 Å². The summed E-state index contributed by atoms with van der Waals surface area (Å²) in [5.74, 6) is -0.172. The van der Waals surface area contributed by atoms with Crippen molar-refractivity contribution in [3.05, 3.63) is 63.1 Å². The van der Waals surface area contributed by atoms with Gasteiger partial charge in [0.25, 0.3) is 0 Å². The van der Waals surface area contributed by atoms with Crippen molar-refractivity contribution < 1.29 is 8.42 Å². The Bertz CT molecular complexity index is 888. The third-order valence-corrected chi connectivity index (χ3v) is 7.45. The number of rotatable bonds is 4. The SMILES string of the molecule is Cc1cccc(N2CCN(S(=O)(=O)Cc3c(Cl)cccc3Cl)CC2)c1C. The van der Waals surface area contributed by atoms with Crippen LogP contribution in [0, 0.1) is 13.8 Å². The third-order valence-electron chi connectivity index (χ3n) is 4.94. The Labute approximate surface area is 165 Å². The van der Waals surface area contributed by atoms with Crippen LogP contribution in [0.25, 0.3) is 0 Å². The summed E-state index contributed by atoms with van der Waals surface area (Å²) < 4.78 is 27.2. The minimum absolute atomic E-state index is 0.172. The largest absolute Gasteiger partial charge is 0.369 e. The lowest BCUT2D eigenvalue weighted by atomic mass is 10.1. The molecule has 26 heavy (non-hydrogen) atoms. The Balaban J connectivity index is 1.72. The van der Waals surface area contributed by atoms with Gasteiger partial charge in [-0.3, -0.25) is 0 Å². The van der Waals surface area contributed by atoms with Gasteiger partial charge in [-0.05, 0) is 43.2 Å². The predicted molar refractivity (Wildman–Crippen MR) is 109 cm³/mol. The van der Waals surface area contributed by atoms with Crippen molar-refractivity contribution in [2.75, 3.05) is 31.1 Å². The molecular weight excluding hydrogens is 391 g/mol. The number of piperazine rings is 1. The molecular formula is C19H22Cl2N2O2S. The Hall–Kier alpha value is -1.27. The van der Waals surface area contributed by atoms with Crippen molar-refractivity contribution in [1.82, 2.24) is 4.31 Å². The van der Waals surface area contributed by atoms with Gasteiger partial charge < -0.3 is 4.90 Å². The number of hydrogen-bond acceptors (Lipinski definition) is 3. The van der Waals surface area contributed by atoms with Crippen LogP contribution in [0.2, 0.25) is 10.0 Å². The highest BCUT2D eigenvalue weighted by molar-refractivity contribution is 7.88. The van der Waals surface area contributed by atoms with Crippen LogP contribution in [0.4, 0.5) is 5.69 Å². The van der Waals surface area contributed by atoms with Crippen molar-refractivity contribution in [3.8, 4) is 0 Å². The smallest absolute Gasteiger partial charge is 0.218 e. The molecule has 1 saturated heterocycles. The van der Waals surface area contributed by atoms with E-state index in [9.17, 15) is 8.42 Å². The highest BCUT2D eigenvalue weighted by Crippen LogP contribution is 2.28. The van der Waals surface area contributed by atoms with E-state index >= 15 is 0 Å². The van der Waals surface area contributed by atoms with E-state index in [2.05, 4.69) is 30.9 Å².